The van der Waals surface area contributed by atoms with E-state index in [1.807, 2.05) is 37.2 Å². The third-order valence-electron chi connectivity index (χ3n) is 6.82. The molecule has 0 aliphatic carbocycles. The van der Waals surface area contributed by atoms with Gasteiger partial charge in [-0.25, -0.2) is 0 Å². The Morgan fingerprint density at radius 2 is 1.94 bits per heavy atom. The molecule has 6 heteroatoms. The largest absolute Gasteiger partial charge is 0.477 e. The summed E-state index contributed by atoms with van der Waals surface area (Å²) in [6.07, 6.45) is 9.89. The highest BCUT2D eigenvalue weighted by atomic mass is 16.5. The number of nitrogens with zero attached hydrogens (tertiary/aromatic N) is 2. The number of fused-ring (bicyclic) bond motifs is 3. The highest BCUT2D eigenvalue weighted by molar-refractivity contribution is 5.96. The molecule has 0 radical (unpaired) electrons. The number of benzene rings is 2. The molecule has 0 saturated carbocycles. The maximum atomic E-state index is 13.1. The Hall–Kier alpha value is -3.61. The lowest BCUT2D eigenvalue weighted by molar-refractivity contribution is -0.122. The number of terminal acetylenes is 1. The molecule has 3 heterocycles. The molecule has 1 atom stereocenters. The van der Waals surface area contributed by atoms with E-state index in [0.29, 0.717) is 36.6 Å². The zero-order chi connectivity index (χ0) is 23.7. The van der Waals surface area contributed by atoms with E-state index in [4.69, 9.17) is 11.2 Å². The van der Waals surface area contributed by atoms with Crippen LogP contribution in [0.1, 0.15) is 36.8 Å². The van der Waals surface area contributed by atoms with Gasteiger partial charge in [-0.15, -0.1) is 6.42 Å². The van der Waals surface area contributed by atoms with Gasteiger partial charge >= 0.3 is 0 Å². The van der Waals surface area contributed by atoms with Gasteiger partial charge < -0.3 is 20.3 Å². The SMILES string of the molecule is C#Cc1ccc2c(c1)NCC(C(=O)Nc1ccc(N3C4CCC3CC4)cc1C#CCN(C)C)O2. The van der Waals surface area contributed by atoms with Crippen LogP contribution in [0.5, 0.6) is 5.75 Å². The van der Waals surface area contributed by atoms with Crippen LogP contribution in [0.25, 0.3) is 0 Å². The van der Waals surface area contributed by atoms with Gasteiger partial charge in [-0.05, 0) is 76.2 Å². The highest BCUT2D eigenvalue weighted by Gasteiger charge is 2.39. The Bertz CT molecular complexity index is 1180. The number of nitrogens with one attached hydrogen (secondary N) is 2. The van der Waals surface area contributed by atoms with Crippen LogP contribution in [-0.4, -0.2) is 56.2 Å². The first kappa shape index (κ1) is 22.2. The predicted molar refractivity (Wildman–Crippen MR) is 136 cm³/mol. The summed E-state index contributed by atoms with van der Waals surface area (Å²) in [5, 5.41) is 6.31. The van der Waals surface area contributed by atoms with Crippen LogP contribution in [0.4, 0.5) is 17.1 Å². The van der Waals surface area contributed by atoms with Crippen LogP contribution in [0.2, 0.25) is 0 Å². The molecule has 2 saturated heterocycles. The average Bonchev–Trinajstić information content (AvgIpc) is 3.44. The molecule has 5 rings (SSSR count). The van der Waals surface area contributed by atoms with Gasteiger partial charge in [0.2, 0.25) is 0 Å². The first-order valence-corrected chi connectivity index (χ1v) is 11.9. The normalized spacial score (nSPS) is 22.2. The molecule has 1 amide bonds. The second-order valence-corrected chi connectivity index (χ2v) is 9.47. The average molecular weight is 455 g/mol. The van der Waals surface area contributed by atoms with Crippen molar-refractivity contribution in [2.45, 2.75) is 43.9 Å². The van der Waals surface area contributed by atoms with Crippen molar-refractivity contribution < 1.29 is 9.53 Å². The number of carbonyl (C=O) groups excluding carboxylic acids is 1. The van der Waals surface area contributed by atoms with Crippen LogP contribution in [0.3, 0.4) is 0 Å². The van der Waals surface area contributed by atoms with Crippen LogP contribution in [0.15, 0.2) is 36.4 Å². The lowest BCUT2D eigenvalue weighted by Gasteiger charge is -2.27. The minimum absolute atomic E-state index is 0.205. The monoisotopic (exact) mass is 454 g/mol. The zero-order valence-electron chi connectivity index (χ0n) is 19.7. The molecule has 174 valence electrons. The summed E-state index contributed by atoms with van der Waals surface area (Å²) < 4.78 is 5.97. The molecule has 2 bridgehead atoms. The standard InChI is InChI=1S/C28H30N4O2/c1-4-19-7-14-26-25(16-19)29-18-27(34-26)28(33)30-24-13-12-23(17-20(24)6-5-15-31(2)3)32-21-8-9-22(32)11-10-21/h1,7,12-14,16-17,21-22,27,29H,8-11,15,18H2,2-3H3,(H,30,33). The summed E-state index contributed by atoms with van der Waals surface area (Å²) >= 11 is 0. The Labute approximate surface area is 201 Å². The molecule has 3 aliphatic heterocycles. The van der Waals surface area contributed by atoms with Gasteiger partial charge in [-0.2, -0.15) is 0 Å². The van der Waals surface area contributed by atoms with E-state index in [1.165, 1.54) is 31.4 Å². The summed E-state index contributed by atoms with van der Waals surface area (Å²) in [5.74, 6) is 9.54. The van der Waals surface area contributed by atoms with E-state index >= 15 is 0 Å². The first-order valence-electron chi connectivity index (χ1n) is 11.9. The van der Waals surface area contributed by atoms with Crippen LogP contribution >= 0.6 is 0 Å². The fourth-order valence-electron chi connectivity index (χ4n) is 5.15. The topological polar surface area (TPSA) is 56.8 Å². The first-order chi connectivity index (χ1) is 16.5. The van der Waals surface area contributed by atoms with Crippen molar-refractivity contribution in [2.24, 2.45) is 0 Å². The van der Waals surface area contributed by atoms with Gasteiger partial charge in [0.05, 0.1) is 30.0 Å². The van der Waals surface area contributed by atoms with E-state index in [1.54, 1.807) is 6.07 Å². The third kappa shape index (κ3) is 4.42. The van der Waals surface area contributed by atoms with Crippen LogP contribution < -0.4 is 20.3 Å². The Morgan fingerprint density at radius 1 is 1.18 bits per heavy atom. The second-order valence-electron chi connectivity index (χ2n) is 9.47. The molecular weight excluding hydrogens is 424 g/mol. The summed E-state index contributed by atoms with van der Waals surface area (Å²) in [7, 11) is 3.99. The van der Waals surface area contributed by atoms with Gasteiger partial charge in [0.1, 0.15) is 5.75 Å². The lowest BCUT2D eigenvalue weighted by atomic mass is 10.0. The summed E-state index contributed by atoms with van der Waals surface area (Å²) in [4.78, 5) is 17.7. The van der Waals surface area contributed by atoms with Crippen molar-refractivity contribution in [3.8, 4) is 29.9 Å². The van der Waals surface area contributed by atoms with Crippen molar-refractivity contribution in [1.29, 1.82) is 0 Å². The van der Waals surface area contributed by atoms with Crippen molar-refractivity contribution in [3.63, 3.8) is 0 Å². The molecule has 0 spiro atoms. The van der Waals surface area contributed by atoms with Gasteiger partial charge in [0.25, 0.3) is 5.91 Å². The Morgan fingerprint density at radius 3 is 2.65 bits per heavy atom. The zero-order valence-corrected chi connectivity index (χ0v) is 19.7. The Kier molecular flexibility index (Phi) is 6.09. The molecule has 0 aromatic heterocycles. The maximum absolute atomic E-state index is 13.1. The molecular formula is C28H30N4O2. The van der Waals surface area contributed by atoms with Gasteiger partial charge in [-0.1, -0.05) is 17.8 Å². The summed E-state index contributed by atoms with van der Waals surface area (Å²) in [6, 6.07) is 12.9. The molecule has 1 unspecified atom stereocenters. The molecule has 2 fully saturated rings. The second kappa shape index (κ2) is 9.33. The van der Waals surface area contributed by atoms with Crippen LogP contribution in [0, 0.1) is 24.2 Å². The maximum Gasteiger partial charge on any atom is 0.267 e. The lowest BCUT2D eigenvalue weighted by Crippen LogP contribution is -2.41. The van der Waals surface area contributed by atoms with Gasteiger partial charge in [0.15, 0.2) is 6.10 Å². The third-order valence-corrected chi connectivity index (χ3v) is 6.82. The van der Waals surface area contributed by atoms with Crippen LogP contribution in [-0.2, 0) is 4.79 Å². The quantitative estimate of drug-likeness (QED) is 0.693. The van der Waals surface area contributed by atoms with Gasteiger partial charge in [0, 0.05) is 23.3 Å². The smallest absolute Gasteiger partial charge is 0.267 e. The minimum Gasteiger partial charge on any atom is -0.477 e. The van der Waals surface area contributed by atoms with Gasteiger partial charge in [-0.3, -0.25) is 9.69 Å². The minimum atomic E-state index is -0.652. The predicted octanol–water partition coefficient (Wildman–Crippen LogP) is 3.52. The van der Waals surface area contributed by atoms with E-state index in [-0.39, 0.29) is 5.91 Å². The number of hydrogen-bond acceptors (Lipinski definition) is 5. The number of amides is 1. The number of rotatable bonds is 4. The van der Waals surface area contributed by atoms with Crippen molar-refractivity contribution in [1.82, 2.24) is 4.90 Å². The number of anilines is 3. The molecule has 2 aromatic carbocycles. The van der Waals surface area contributed by atoms with Crippen molar-refractivity contribution >= 4 is 23.0 Å². The highest BCUT2D eigenvalue weighted by Crippen LogP contribution is 2.41. The molecule has 34 heavy (non-hydrogen) atoms. The summed E-state index contributed by atoms with van der Waals surface area (Å²) in [6.45, 7) is 1.02. The van der Waals surface area contributed by atoms with E-state index in [0.717, 1.165) is 16.8 Å². The summed E-state index contributed by atoms with van der Waals surface area (Å²) in [5.41, 5.74) is 4.32. The number of carbonyl (C=O) groups is 1. The van der Waals surface area contributed by atoms with Crippen molar-refractivity contribution in [2.75, 3.05) is 42.7 Å². The van der Waals surface area contributed by atoms with Crippen molar-refractivity contribution in [3.05, 3.63) is 47.5 Å². The number of hydrogen-bond donors (Lipinski definition) is 2. The van der Waals surface area contributed by atoms with E-state index < -0.39 is 6.10 Å². The molecule has 3 aliphatic rings. The van der Waals surface area contributed by atoms with E-state index in [2.05, 4.69) is 45.4 Å². The fraction of sp³-hybridized carbons (Fsp3) is 0.393. The fourth-order valence-corrected chi connectivity index (χ4v) is 5.15. The Balaban J connectivity index is 1.36. The molecule has 2 aromatic rings. The van der Waals surface area contributed by atoms with E-state index in [9.17, 15) is 4.79 Å². The molecule has 2 N–H and O–H groups in total. The number of ether oxygens (including phenoxy) is 1. The molecule has 6 nitrogen and oxygen atoms in total.